The molecule has 5 heteroatoms. The van der Waals surface area contributed by atoms with E-state index in [1.807, 2.05) is 0 Å². The van der Waals surface area contributed by atoms with Gasteiger partial charge in [-0.1, -0.05) is 6.08 Å². The first kappa shape index (κ1) is 9.73. The Balaban J connectivity index is 2.30. The van der Waals surface area contributed by atoms with Crippen molar-refractivity contribution >= 4 is 11.9 Å². The van der Waals surface area contributed by atoms with E-state index in [2.05, 4.69) is 0 Å². The van der Waals surface area contributed by atoms with Gasteiger partial charge >= 0.3 is 11.9 Å². The first-order valence-electron chi connectivity index (χ1n) is 3.97. The molecule has 0 unspecified atom stereocenters. The third-order valence-corrected chi connectivity index (χ3v) is 2.02. The smallest absolute Gasteiger partial charge is 0.328 e. The van der Waals surface area contributed by atoms with Gasteiger partial charge in [0.25, 0.3) is 0 Å². The molecule has 0 saturated carbocycles. The van der Waals surface area contributed by atoms with Crippen LogP contribution in [0, 0.1) is 0 Å². The van der Waals surface area contributed by atoms with E-state index in [4.69, 9.17) is 10.2 Å². The maximum Gasteiger partial charge on any atom is 0.328 e. The minimum absolute atomic E-state index is 0.392. The van der Waals surface area contributed by atoms with Crippen LogP contribution in [0.3, 0.4) is 0 Å². The summed E-state index contributed by atoms with van der Waals surface area (Å²) in [6.07, 6.45) is 3.13. The van der Waals surface area contributed by atoms with Gasteiger partial charge in [0.1, 0.15) is 6.04 Å². The van der Waals surface area contributed by atoms with Crippen LogP contribution in [0.5, 0.6) is 0 Å². The first-order chi connectivity index (χ1) is 6.11. The van der Waals surface area contributed by atoms with E-state index in [1.165, 1.54) is 6.08 Å². The largest absolute Gasteiger partial charge is 0.480 e. The molecular formula is C8H11NO4. The summed E-state index contributed by atoms with van der Waals surface area (Å²) >= 11 is 0. The lowest BCUT2D eigenvalue weighted by atomic mass is 10.0. The number of likely N-dealkylation sites (tertiary alicyclic amines) is 1. The van der Waals surface area contributed by atoms with Gasteiger partial charge in [0.05, 0.1) is 0 Å². The van der Waals surface area contributed by atoms with Crippen LogP contribution in [0.1, 0.15) is 6.42 Å². The summed E-state index contributed by atoms with van der Waals surface area (Å²) in [4.78, 5) is 22.3. The fraction of sp³-hybridized carbons (Fsp3) is 0.500. The van der Waals surface area contributed by atoms with Crippen molar-refractivity contribution in [1.82, 2.24) is 4.90 Å². The molecule has 1 rings (SSSR count). The van der Waals surface area contributed by atoms with Crippen molar-refractivity contribution in [3.8, 4) is 0 Å². The summed E-state index contributed by atoms with van der Waals surface area (Å²) in [6, 6.07) is -0.432. The van der Waals surface area contributed by atoms with E-state index in [0.717, 1.165) is 12.6 Å². The zero-order chi connectivity index (χ0) is 9.84. The number of carbonyl (C=O) groups is 2. The minimum Gasteiger partial charge on any atom is -0.480 e. The summed E-state index contributed by atoms with van der Waals surface area (Å²) in [6.45, 7) is 1.12. The number of carboxylic acids is 2. The number of aliphatic carboxylic acids is 2. The molecule has 1 atom stereocenters. The molecule has 0 radical (unpaired) electrons. The zero-order valence-electron chi connectivity index (χ0n) is 7.01. The molecule has 72 valence electrons. The Hall–Kier alpha value is -1.36. The predicted molar refractivity (Wildman–Crippen MR) is 44.4 cm³/mol. The summed E-state index contributed by atoms with van der Waals surface area (Å²) in [5, 5.41) is 16.9. The molecule has 0 aromatic heterocycles. The summed E-state index contributed by atoms with van der Waals surface area (Å²) in [5.41, 5.74) is 0. The molecule has 0 aliphatic carbocycles. The van der Waals surface area contributed by atoms with Gasteiger partial charge in [0, 0.05) is 19.2 Å². The summed E-state index contributed by atoms with van der Waals surface area (Å²) in [5.74, 6) is -1.85. The van der Waals surface area contributed by atoms with E-state index in [0.29, 0.717) is 13.0 Å². The van der Waals surface area contributed by atoms with E-state index in [9.17, 15) is 9.59 Å². The maximum absolute atomic E-state index is 10.5. The quantitative estimate of drug-likeness (QED) is 0.592. The number of carboxylic acid groups (broad SMARTS) is 2. The van der Waals surface area contributed by atoms with E-state index in [-0.39, 0.29) is 0 Å². The third kappa shape index (κ3) is 2.55. The maximum atomic E-state index is 10.5. The fourth-order valence-electron chi connectivity index (χ4n) is 1.23. The highest BCUT2D eigenvalue weighted by molar-refractivity contribution is 5.79. The first-order valence-corrected chi connectivity index (χ1v) is 3.97. The van der Waals surface area contributed by atoms with Crippen LogP contribution >= 0.6 is 0 Å². The van der Waals surface area contributed by atoms with E-state index < -0.39 is 18.0 Å². The van der Waals surface area contributed by atoms with Gasteiger partial charge < -0.3 is 10.2 Å². The van der Waals surface area contributed by atoms with Crippen molar-refractivity contribution in [3.63, 3.8) is 0 Å². The fourth-order valence-corrected chi connectivity index (χ4v) is 1.23. The molecule has 0 aromatic carbocycles. The SMILES string of the molecule is O=C(O)/C=C/CN1CC[C@@H]1C(=O)O. The average molecular weight is 185 g/mol. The number of hydrogen-bond acceptors (Lipinski definition) is 3. The van der Waals surface area contributed by atoms with Crippen molar-refractivity contribution in [2.24, 2.45) is 0 Å². The normalized spacial score (nSPS) is 22.9. The molecule has 2 N–H and O–H groups in total. The van der Waals surface area contributed by atoms with Crippen molar-refractivity contribution in [2.75, 3.05) is 13.1 Å². The molecule has 1 fully saturated rings. The second-order valence-corrected chi connectivity index (χ2v) is 2.88. The molecule has 0 bridgehead atoms. The highest BCUT2D eigenvalue weighted by atomic mass is 16.4. The number of rotatable bonds is 4. The van der Waals surface area contributed by atoms with Crippen LogP contribution in [0.15, 0.2) is 12.2 Å². The minimum atomic E-state index is -1.01. The van der Waals surface area contributed by atoms with Gasteiger partial charge in [-0.25, -0.2) is 4.79 Å². The molecular weight excluding hydrogens is 174 g/mol. The van der Waals surface area contributed by atoms with E-state index in [1.54, 1.807) is 4.90 Å². The van der Waals surface area contributed by atoms with E-state index >= 15 is 0 Å². The molecule has 0 amide bonds. The number of nitrogens with zero attached hydrogens (tertiary/aromatic N) is 1. The van der Waals surface area contributed by atoms with Gasteiger partial charge in [-0.05, 0) is 6.42 Å². The molecule has 5 nitrogen and oxygen atoms in total. The van der Waals surface area contributed by atoms with Crippen molar-refractivity contribution < 1.29 is 19.8 Å². The van der Waals surface area contributed by atoms with Gasteiger partial charge in [-0.2, -0.15) is 0 Å². The molecule has 1 aliphatic rings. The molecule has 13 heavy (non-hydrogen) atoms. The van der Waals surface area contributed by atoms with Gasteiger partial charge in [0.15, 0.2) is 0 Å². The Bertz CT molecular complexity index is 249. The van der Waals surface area contributed by atoms with Crippen molar-refractivity contribution in [2.45, 2.75) is 12.5 Å². The molecule has 1 aliphatic heterocycles. The highest BCUT2D eigenvalue weighted by Gasteiger charge is 2.32. The Labute approximate surface area is 75.3 Å². The van der Waals surface area contributed by atoms with Crippen LogP contribution in [0.25, 0.3) is 0 Å². The Morgan fingerprint density at radius 3 is 2.54 bits per heavy atom. The second-order valence-electron chi connectivity index (χ2n) is 2.88. The third-order valence-electron chi connectivity index (χ3n) is 2.02. The summed E-state index contributed by atoms with van der Waals surface area (Å²) < 4.78 is 0. The summed E-state index contributed by atoms with van der Waals surface area (Å²) in [7, 11) is 0. The second kappa shape index (κ2) is 4.04. The number of hydrogen-bond donors (Lipinski definition) is 2. The zero-order valence-corrected chi connectivity index (χ0v) is 7.01. The Morgan fingerprint density at radius 2 is 2.15 bits per heavy atom. The van der Waals surface area contributed by atoms with Crippen molar-refractivity contribution in [1.29, 1.82) is 0 Å². The van der Waals surface area contributed by atoms with Crippen molar-refractivity contribution in [3.05, 3.63) is 12.2 Å². The van der Waals surface area contributed by atoms with Crippen LogP contribution in [0.2, 0.25) is 0 Å². The van der Waals surface area contributed by atoms with Crippen LogP contribution in [-0.4, -0.2) is 46.2 Å². The van der Waals surface area contributed by atoms with Gasteiger partial charge in [0.2, 0.25) is 0 Å². The van der Waals surface area contributed by atoms with Gasteiger partial charge in [-0.15, -0.1) is 0 Å². The molecule has 0 spiro atoms. The molecule has 0 aromatic rings. The molecule has 1 heterocycles. The lowest BCUT2D eigenvalue weighted by Crippen LogP contribution is -2.52. The lowest BCUT2D eigenvalue weighted by molar-refractivity contribution is -0.147. The highest BCUT2D eigenvalue weighted by Crippen LogP contribution is 2.16. The lowest BCUT2D eigenvalue weighted by Gasteiger charge is -2.36. The molecule has 1 saturated heterocycles. The Kier molecular flexibility index (Phi) is 3.02. The van der Waals surface area contributed by atoms with Crippen LogP contribution in [-0.2, 0) is 9.59 Å². The standard InChI is InChI=1S/C8H11NO4/c10-7(11)2-1-4-9-5-3-6(9)8(12)13/h1-2,6H,3-5H2,(H,10,11)(H,12,13)/b2-1+/t6-/m1/s1. The van der Waals surface area contributed by atoms with Gasteiger partial charge in [-0.3, -0.25) is 9.69 Å². The monoisotopic (exact) mass is 185 g/mol. The Morgan fingerprint density at radius 1 is 1.46 bits per heavy atom. The van der Waals surface area contributed by atoms with Crippen LogP contribution in [0.4, 0.5) is 0 Å². The topological polar surface area (TPSA) is 77.8 Å². The predicted octanol–water partition coefficient (Wildman–Crippen LogP) is -0.214. The average Bonchev–Trinajstić information content (AvgIpc) is 1.93. The van der Waals surface area contributed by atoms with Crippen LogP contribution < -0.4 is 0 Å².